The SMILES string of the molecule is Cc1cc(OC2CC(C)CC(C)C2)ccc1B(O)O. The lowest BCUT2D eigenvalue weighted by molar-refractivity contribution is 0.101. The van der Waals surface area contributed by atoms with Crippen molar-refractivity contribution in [1.82, 2.24) is 0 Å². The molecule has 0 spiro atoms. The molecule has 2 rings (SSSR count). The van der Waals surface area contributed by atoms with Crippen molar-refractivity contribution in [1.29, 1.82) is 0 Å². The zero-order chi connectivity index (χ0) is 14.0. The van der Waals surface area contributed by atoms with Crippen molar-refractivity contribution in [2.24, 2.45) is 11.8 Å². The Kier molecular flexibility index (Phi) is 4.53. The second-order valence-corrected chi connectivity index (χ2v) is 6.05. The van der Waals surface area contributed by atoms with Crippen molar-refractivity contribution in [2.45, 2.75) is 46.1 Å². The molecular formula is C15H23BO3. The van der Waals surface area contributed by atoms with E-state index in [0.717, 1.165) is 24.2 Å². The van der Waals surface area contributed by atoms with Gasteiger partial charge >= 0.3 is 7.12 Å². The maximum Gasteiger partial charge on any atom is 0.488 e. The molecule has 1 aliphatic rings. The van der Waals surface area contributed by atoms with Crippen molar-refractivity contribution in [3.8, 4) is 5.75 Å². The van der Waals surface area contributed by atoms with Crippen LogP contribution >= 0.6 is 0 Å². The minimum atomic E-state index is -1.41. The van der Waals surface area contributed by atoms with Gasteiger partial charge in [0.15, 0.2) is 0 Å². The van der Waals surface area contributed by atoms with E-state index in [1.54, 1.807) is 6.07 Å². The van der Waals surface area contributed by atoms with Crippen molar-refractivity contribution >= 4 is 12.6 Å². The fourth-order valence-corrected chi connectivity index (χ4v) is 3.17. The summed E-state index contributed by atoms with van der Waals surface area (Å²) in [7, 11) is -1.41. The molecule has 1 saturated carbocycles. The van der Waals surface area contributed by atoms with Gasteiger partial charge in [-0.3, -0.25) is 0 Å². The van der Waals surface area contributed by atoms with Crippen LogP contribution in [-0.2, 0) is 0 Å². The first-order chi connectivity index (χ1) is 8.95. The lowest BCUT2D eigenvalue weighted by atomic mass is 9.77. The Bertz CT molecular complexity index is 423. The highest BCUT2D eigenvalue weighted by Gasteiger charge is 2.25. The summed E-state index contributed by atoms with van der Waals surface area (Å²) in [5.74, 6) is 2.26. The van der Waals surface area contributed by atoms with Gasteiger partial charge in [0.25, 0.3) is 0 Å². The van der Waals surface area contributed by atoms with Gasteiger partial charge in [0.2, 0.25) is 0 Å². The second-order valence-electron chi connectivity index (χ2n) is 6.05. The van der Waals surface area contributed by atoms with E-state index >= 15 is 0 Å². The summed E-state index contributed by atoms with van der Waals surface area (Å²) in [6, 6.07) is 5.44. The number of benzene rings is 1. The second kappa shape index (κ2) is 5.97. The monoisotopic (exact) mass is 262 g/mol. The van der Waals surface area contributed by atoms with Gasteiger partial charge in [-0.1, -0.05) is 19.9 Å². The van der Waals surface area contributed by atoms with E-state index < -0.39 is 7.12 Å². The summed E-state index contributed by atoms with van der Waals surface area (Å²) in [6.45, 7) is 6.43. The highest BCUT2D eigenvalue weighted by atomic mass is 16.5. The Morgan fingerprint density at radius 1 is 1.11 bits per heavy atom. The number of hydrogen-bond acceptors (Lipinski definition) is 3. The summed E-state index contributed by atoms with van der Waals surface area (Å²) >= 11 is 0. The number of hydrogen-bond donors (Lipinski definition) is 2. The molecule has 1 aromatic rings. The molecule has 19 heavy (non-hydrogen) atoms. The standard InChI is InChI=1S/C15H23BO3/c1-10-6-11(2)8-14(7-10)19-13-4-5-15(16(17)18)12(3)9-13/h4-5,9-11,14,17-18H,6-8H2,1-3H3. The normalized spacial score (nSPS) is 27.1. The Morgan fingerprint density at radius 2 is 1.74 bits per heavy atom. The van der Waals surface area contributed by atoms with Gasteiger partial charge in [-0.15, -0.1) is 0 Å². The van der Waals surface area contributed by atoms with Crippen molar-refractivity contribution in [3.05, 3.63) is 23.8 Å². The average Bonchev–Trinajstić information content (AvgIpc) is 2.26. The first-order valence-corrected chi connectivity index (χ1v) is 7.09. The van der Waals surface area contributed by atoms with Crippen molar-refractivity contribution in [3.63, 3.8) is 0 Å². The summed E-state index contributed by atoms with van der Waals surface area (Å²) in [4.78, 5) is 0. The molecular weight excluding hydrogens is 239 g/mol. The summed E-state index contributed by atoms with van der Waals surface area (Å²) in [5, 5.41) is 18.4. The highest BCUT2D eigenvalue weighted by Crippen LogP contribution is 2.31. The van der Waals surface area contributed by atoms with Crippen LogP contribution in [0.4, 0.5) is 0 Å². The topological polar surface area (TPSA) is 49.7 Å². The summed E-state index contributed by atoms with van der Waals surface area (Å²) in [5.41, 5.74) is 1.39. The molecule has 4 heteroatoms. The Balaban J connectivity index is 2.05. The third kappa shape index (κ3) is 3.74. The van der Waals surface area contributed by atoms with Gasteiger partial charge in [-0.25, -0.2) is 0 Å². The maximum absolute atomic E-state index is 9.20. The van der Waals surface area contributed by atoms with E-state index in [-0.39, 0.29) is 6.10 Å². The lowest BCUT2D eigenvalue weighted by Crippen LogP contribution is -2.32. The Hall–Kier alpha value is -0.995. The zero-order valence-corrected chi connectivity index (χ0v) is 12.0. The molecule has 0 saturated heterocycles. The molecule has 0 bridgehead atoms. The molecule has 2 unspecified atom stereocenters. The van der Waals surface area contributed by atoms with Gasteiger partial charge in [0, 0.05) is 0 Å². The molecule has 1 aliphatic carbocycles. The molecule has 0 aromatic heterocycles. The Morgan fingerprint density at radius 3 is 2.26 bits per heavy atom. The zero-order valence-electron chi connectivity index (χ0n) is 12.0. The van der Waals surface area contributed by atoms with E-state index in [2.05, 4.69) is 13.8 Å². The number of rotatable bonds is 3. The van der Waals surface area contributed by atoms with Crippen molar-refractivity contribution < 1.29 is 14.8 Å². The summed E-state index contributed by atoms with van der Waals surface area (Å²) in [6.07, 6.45) is 3.78. The fourth-order valence-electron chi connectivity index (χ4n) is 3.17. The van der Waals surface area contributed by atoms with E-state index in [4.69, 9.17) is 4.74 Å². The molecule has 0 heterocycles. The first kappa shape index (κ1) is 14.4. The van der Waals surface area contributed by atoms with Crippen LogP contribution in [0.3, 0.4) is 0 Å². The van der Waals surface area contributed by atoms with Crippen molar-refractivity contribution in [2.75, 3.05) is 0 Å². The van der Waals surface area contributed by atoms with Crippen LogP contribution in [0, 0.1) is 18.8 Å². The molecule has 3 nitrogen and oxygen atoms in total. The predicted molar refractivity (Wildman–Crippen MR) is 77.6 cm³/mol. The predicted octanol–water partition coefficient (Wildman–Crippen LogP) is 1.88. The third-order valence-corrected chi connectivity index (χ3v) is 3.96. The Labute approximate surface area is 115 Å². The quantitative estimate of drug-likeness (QED) is 0.818. The molecule has 0 radical (unpaired) electrons. The molecule has 1 aromatic carbocycles. The number of ether oxygens (including phenoxy) is 1. The maximum atomic E-state index is 9.20. The van der Waals surface area contributed by atoms with Crippen LogP contribution < -0.4 is 10.2 Å². The van der Waals surface area contributed by atoms with Crippen LogP contribution in [0.15, 0.2) is 18.2 Å². The average molecular weight is 262 g/mol. The smallest absolute Gasteiger partial charge is 0.488 e. The largest absolute Gasteiger partial charge is 0.490 e. The lowest BCUT2D eigenvalue weighted by Gasteiger charge is -2.31. The van der Waals surface area contributed by atoms with Gasteiger partial charge in [-0.2, -0.15) is 0 Å². The van der Waals surface area contributed by atoms with E-state index in [0.29, 0.717) is 17.3 Å². The summed E-state index contributed by atoms with van der Waals surface area (Å²) < 4.78 is 6.05. The fraction of sp³-hybridized carbons (Fsp3) is 0.600. The van der Waals surface area contributed by atoms with E-state index in [1.807, 2.05) is 19.1 Å². The van der Waals surface area contributed by atoms with Crippen LogP contribution in [0.1, 0.15) is 38.7 Å². The molecule has 104 valence electrons. The third-order valence-electron chi connectivity index (χ3n) is 3.96. The van der Waals surface area contributed by atoms with Crippen LogP contribution in [0.25, 0.3) is 0 Å². The molecule has 0 amide bonds. The van der Waals surface area contributed by atoms with Gasteiger partial charge in [0.1, 0.15) is 5.75 Å². The van der Waals surface area contributed by atoms with Gasteiger partial charge in [-0.05, 0) is 61.2 Å². The van der Waals surface area contributed by atoms with Gasteiger partial charge in [0.05, 0.1) is 6.10 Å². The van der Waals surface area contributed by atoms with Crippen LogP contribution in [0.2, 0.25) is 0 Å². The van der Waals surface area contributed by atoms with Crippen LogP contribution in [-0.4, -0.2) is 23.3 Å². The molecule has 0 aliphatic heterocycles. The van der Waals surface area contributed by atoms with Gasteiger partial charge < -0.3 is 14.8 Å². The number of aryl methyl sites for hydroxylation is 1. The van der Waals surface area contributed by atoms with Crippen LogP contribution in [0.5, 0.6) is 5.75 Å². The molecule has 2 N–H and O–H groups in total. The first-order valence-electron chi connectivity index (χ1n) is 7.09. The van der Waals surface area contributed by atoms with E-state index in [9.17, 15) is 10.0 Å². The molecule has 1 fully saturated rings. The van der Waals surface area contributed by atoms with E-state index in [1.165, 1.54) is 6.42 Å². The minimum absolute atomic E-state index is 0.281. The minimum Gasteiger partial charge on any atom is -0.490 e. The molecule has 2 atom stereocenters. The highest BCUT2D eigenvalue weighted by molar-refractivity contribution is 6.59.